The average molecular weight is 550 g/mol. The Bertz CT molecular complexity index is 1940. The van der Waals surface area contributed by atoms with Crippen LogP contribution in [0.15, 0.2) is 63.6 Å². The van der Waals surface area contributed by atoms with E-state index >= 15 is 0 Å². The van der Waals surface area contributed by atoms with Gasteiger partial charge in [-0.1, -0.05) is 35.9 Å². The molecule has 0 radical (unpaired) electrons. The Morgan fingerprint density at radius 3 is 2.80 bits per heavy atom. The van der Waals surface area contributed by atoms with E-state index in [0.29, 0.717) is 28.5 Å². The van der Waals surface area contributed by atoms with Crippen LogP contribution in [0, 0.1) is 19.7 Å². The summed E-state index contributed by atoms with van der Waals surface area (Å²) in [5.74, 6) is 0.731. The fraction of sp³-hybridized carbons (Fsp3) is 0.226. The number of anilines is 2. The molecular formula is C31H28FN7O2. The number of aromatic amines is 1. The first-order valence-corrected chi connectivity index (χ1v) is 13.5. The molecule has 10 heteroatoms. The number of rotatable bonds is 4. The number of aryl methyl sites for hydroxylation is 2. The first-order chi connectivity index (χ1) is 19.8. The molecular weight excluding hydrogens is 521 g/mol. The monoisotopic (exact) mass is 549 g/mol. The molecule has 0 bridgehead atoms. The molecule has 0 saturated heterocycles. The van der Waals surface area contributed by atoms with Crippen molar-refractivity contribution in [3.63, 3.8) is 0 Å². The van der Waals surface area contributed by atoms with Crippen molar-refractivity contribution in [2.45, 2.75) is 45.7 Å². The second-order valence-electron chi connectivity index (χ2n) is 10.7. The van der Waals surface area contributed by atoms with Gasteiger partial charge >= 0.3 is 0 Å². The molecule has 0 fully saturated rings. The normalized spacial score (nSPS) is 16.9. The summed E-state index contributed by atoms with van der Waals surface area (Å²) in [6, 6.07) is 11.2. The van der Waals surface area contributed by atoms with Crippen LogP contribution in [0.25, 0.3) is 28.2 Å². The molecule has 0 amide bonds. The largest absolute Gasteiger partial charge is 0.458 e. The Labute approximate surface area is 234 Å². The highest BCUT2D eigenvalue weighted by molar-refractivity contribution is 5.84. The number of nitrogens with two attached hydrogens (primary N) is 1. The Balaban J connectivity index is 1.39. The minimum Gasteiger partial charge on any atom is -0.458 e. The number of hydrazine groups is 1. The Kier molecular flexibility index (Phi) is 5.75. The number of nitrogens with one attached hydrogen (secondary N) is 2. The zero-order valence-corrected chi connectivity index (χ0v) is 22.8. The molecule has 2 atom stereocenters. The van der Waals surface area contributed by atoms with Crippen molar-refractivity contribution in [1.29, 1.82) is 0 Å². The molecule has 9 nitrogen and oxygen atoms in total. The lowest BCUT2D eigenvalue weighted by Gasteiger charge is -2.28. The molecule has 5 aromatic rings. The van der Waals surface area contributed by atoms with Crippen molar-refractivity contribution in [3.05, 3.63) is 104 Å². The van der Waals surface area contributed by atoms with E-state index in [2.05, 4.69) is 31.7 Å². The molecule has 2 unspecified atom stereocenters. The van der Waals surface area contributed by atoms with E-state index < -0.39 is 17.3 Å². The maximum atomic E-state index is 14.9. The maximum Gasteiger partial charge on any atom is 0.203 e. The van der Waals surface area contributed by atoms with E-state index in [-0.39, 0.29) is 17.0 Å². The lowest BCUT2D eigenvalue weighted by Crippen LogP contribution is -2.38. The van der Waals surface area contributed by atoms with Crippen LogP contribution in [-0.4, -0.2) is 20.2 Å². The smallest absolute Gasteiger partial charge is 0.203 e. The highest BCUT2D eigenvalue weighted by Gasteiger charge is 2.39. The van der Waals surface area contributed by atoms with Crippen LogP contribution in [0.5, 0.6) is 0 Å². The van der Waals surface area contributed by atoms with Crippen LogP contribution in [0.1, 0.15) is 59.3 Å². The fourth-order valence-electron chi connectivity index (χ4n) is 6.05. The molecule has 7 rings (SSSR count). The molecule has 1 aliphatic carbocycles. The van der Waals surface area contributed by atoms with Crippen molar-refractivity contribution in [3.8, 4) is 11.1 Å². The number of nitrogens with zero attached hydrogens (tertiary/aromatic N) is 4. The SMILES string of the molecule is Cc1cccc(-c2c(C(C)N3NC(C4=Cc5n[nH]c(C)c5CC4)c4c(N)ncnc43)oc3cccc(F)c3c2=O)c1. The van der Waals surface area contributed by atoms with Crippen LogP contribution in [0.2, 0.25) is 0 Å². The molecule has 3 aromatic heterocycles. The third-order valence-corrected chi connectivity index (χ3v) is 8.11. The summed E-state index contributed by atoms with van der Waals surface area (Å²) < 4.78 is 21.3. The van der Waals surface area contributed by atoms with E-state index in [1.165, 1.54) is 24.0 Å². The van der Waals surface area contributed by atoms with Crippen molar-refractivity contribution < 1.29 is 8.81 Å². The number of hydrogen-bond donors (Lipinski definition) is 3. The first-order valence-electron chi connectivity index (χ1n) is 13.5. The quantitative estimate of drug-likeness (QED) is 0.270. The molecule has 2 aromatic carbocycles. The lowest BCUT2D eigenvalue weighted by molar-refractivity contribution is 0.446. The highest BCUT2D eigenvalue weighted by atomic mass is 19.1. The van der Waals surface area contributed by atoms with Gasteiger partial charge in [-0.2, -0.15) is 5.10 Å². The van der Waals surface area contributed by atoms with Gasteiger partial charge in [0, 0.05) is 11.3 Å². The first kappa shape index (κ1) is 25.2. The second kappa shape index (κ2) is 9.38. The number of halogens is 1. The minimum atomic E-state index is -0.619. The van der Waals surface area contributed by atoms with Gasteiger partial charge in [-0.3, -0.25) is 14.9 Å². The van der Waals surface area contributed by atoms with Crippen molar-refractivity contribution in [2.75, 3.05) is 10.7 Å². The van der Waals surface area contributed by atoms with Gasteiger partial charge in [0.25, 0.3) is 0 Å². The third-order valence-electron chi connectivity index (χ3n) is 8.11. The number of aromatic nitrogens is 4. The number of benzene rings is 2. The van der Waals surface area contributed by atoms with E-state index in [1.807, 2.05) is 50.0 Å². The van der Waals surface area contributed by atoms with E-state index in [1.54, 1.807) is 6.07 Å². The summed E-state index contributed by atoms with van der Waals surface area (Å²) in [6.07, 6.45) is 5.17. The van der Waals surface area contributed by atoms with E-state index in [4.69, 9.17) is 10.2 Å². The standard InChI is InChI=1S/C31H28FN7O2/c1-15-6-4-7-18(12-15)24-28(40)25-21(32)8-5-9-23(25)41-29(24)17(3)39-31-26(30(33)34-14-35-31)27(38-39)19-10-11-20-16(2)36-37-22(20)13-19/h4-9,12-14,17,27,38H,10-11H2,1-3H3,(H,36,37)(H2,33,34,35). The fourth-order valence-corrected chi connectivity index (χ4v) is 6.05. The molecule has 41 heavy (non-hydrogen) atoms. The molecule has 2 aliphatic rings. The molecule has 0 saturated carbocycles. The molecule has 0 spiro atoms. The van der Waals surface area contributed by atoms with E-state index in [9.17, 15) is 9.18 Å². The van der Waals surface area contributed by atoms with Crippen molar-refractivity contribution in [2.24, 2.45) is 0 Å². The van der Waals surface area contributed by atoms with Gasteiger partial charge in [0.2, 0.25) is 5.43 Å². The number of hydrogen-bond acceptors (Lipinski definition) is 8. The predicted octanol–water partition coefficient (Wildman–Crippen LogP) is 5.47. The Hall–Kier alpha value is -4.83. The Morgan fingerprint density at radius 2 is 1.98 bits per heavy atom. The second-order valence-corrected chi connectivity index (χ2v) is 10.7. The molecule has 1 aliphatic heterocycles. The highest BCUT2D eigenvalue weighted by Crippen LogP contribution is 2.45. The minimum absolute atomic E-state index is 0.0726. The molecule has 4 N–H and O–H groups in total. The predicted molar refractivity (Wildman–Crippen MR) is 155 cm³/mol. The molecule has 4 heterocycles. The summed E-state index contributed by atoms with van der Waals surface area (Å²) >= 11 is 0. The number of H-pyrrole nitrogens is 1. The van der Waals surface area contributed by atoms with Gasteiger partial charge in [-0.15, -0.1) is 0 Å². The zero-order valence-electron chi connectivity index (χ0n) is 22.8. The van der Waals surface area contributed by atoms with Crippen molar-refractivity contribution in [1.82, 2.24) is 25.6 Å². The van der Waals surface area contributed by atoms with Crippen LogP contribution in [0.3, 0.4) is 0 Å². The zero-order chi connectivity index (χ0) is 28.4. The van der Waals surface area contributed by atoms with Crippen LogP contribution >= 0.6 is 0 Å². The van der Waals surface area contributed by atoms with Crippen LogP contribution in [0.4, 0.5) is 16.0 Å². The molecule has 206 valence electrons. The van der Waals surface area contributed by atoms with Crippen LogP contribution < -0.4 is 21.6 Å². The van der Waals surface area contributed by atoms with Gasteiger partial charge in [0.1, 0.15) is 40.7 Å². The van der Waals surface area contributed by atoms with Gasteiger partial charge in [-0.05, 0) is 63.0 Å². The van der Waals surface area contributed by atoms with Gasteiger partial charge in [0.15, 0.2) is 5.82 Å². The maximum absolute atomic E-state index is 14.9. The summed E-state index contributed by atoms with van der Waals surface area (Å²) in [5.41, 5.74) is 16.8. The van der Waals surface area contributed by atoms with E-state index in [0.717, 1.165) is 40.9 Å². The summed E-state index contributed by atoms with van der Waals surface area (Å²) in [7, 11) is 0. The summed E-state index contributed by atoms with van der Waals surface area (Å²) in [6.45, 7) is 5.89. The topological polar surface area (TPSA) is 126 Å². The van der Waals surface area contributed by atoms with Crippen molar-refractivity contribution >= 4 is 28.7 Å². The van der Waals surface area contributed by atoms with Gasteiger partial charge < -0.3 is 10.2 Å². The van der Waals surface area contributed by atoms with Gasteiger partial charge in [0.05, 0.1) is 22.9 Å². The number of fused-ring (bicyclic) bond motifs is 3. The van der Waals surface area contributed by atoms with Crippen LogP contribution in [-0.2, 0) is 6.42 Å². The average Bonchev–Trinajstić information content (AvgIpc) is 3.54. The summed E-state index contributed by atoms with van der Waals surface area (Å²) in [4.78, 5) is 22.8. The number of nitrogen functional groups attached to an aromatic ring is 1. The lowest BCUT2D eigenvalue weighted by atomic mass is 9.89. The summed E-state index contributed by atoms with van der Waals surface area (Å²) in [5, 5.41) is 9.34. The third kappa shape index (κ3) is 3.93. The van der Waals surface area contributed by atoms with Gasteiger partial charge in [-0.25, -0.2) is 19.8 Å². The Morgan fingerprint density at radius 1 is 1.15 bits per heavy atom.